The summed E-state index contributed by atoms with van der Waals surface area (Å²) < 4.78 is 39.4. The van der Waals surface area contributed by atoms with Gasteiger partial charge in [-0.3, -0.25) is 4.72 Å². The third-order valence-corrected chi connectivity index (χ3v) is 6.87. The molecule has 2 unspecified atom stereocenters. The van der Waals surface area contributed by atoms with Gasteiger partial charge in [0.05, 0.1) is 18.9 Å². The van der Waals surface area contributed by atoms with Gasteiger partial charge in [0, 0.05) is 16.8 Å². The predicted molar refractivity (Wildman–Crippen MR) is 101 cm³/mol. The Balaban J connectivity index is 1.77. The van der Waals surface area contributed by atoms with Crippen LogP contribution in [-0.4, -0.2) is 32.0 Å². The number of para-hydroxylation sites is 1. The zero-order chi connectivity index (χ0) is 18.3. The van der Waals surface area contributed by atoms with Crippen LogP contribution >= 0.6 is 0 Å². The van der Waals surface area contributed by atoms with Crippen molar-refractivity contribution < 1.29 is 22.7 Å². The number of aliphatic hydroxyl groups excluding tert-OH is 1. The highest BCUT2D eigenvalue weighted by Gasteiger charge is 2.35. The summed E-state index contributed by atoms with van der Waals surface area (Å²) >= 11 is 0. The van der Waals surface area contributed by atoms with Crippen LogP contribution in [0.4, 0.5) is 5.69 Å². The summed E-state index contributed by atoms with van der Waals surface area (Å²) in [6.45, 7) is 0. The highest BCUT2D eigenvalue weighted by atomic mass is 32.2. The van der Waals surface area contributed by atoms with Crippen molar-refractivity contribution in [1.82, 2.24) is 0 Å². The van der Waals surface area contributed by atoms with E-state index in [1.165, 1.54) is 7.11 Å². The zero-order valence-corrected chi connectivity index (χ0v) is 15.3. The smallest absolute Gasteiger partial charge is 0.238 e. The number of hydrogen-bond acceptors (Lipinski definition) is 5. The number of furan rings is 1. The fourth-order valence-electron chi connectivity index (χ4n) is 3.67. The van der Waals surface area contributed by atoms with Crippen LogP contribution in [0, 0.1) is 0 Å². The normalized spacial score (nSPS) is 21.2. The van der Waals surface area contributed by atoms with Crippen molar-refractivity contribution in [3.8, 4) is 5.75 Å². The Bertz CT molecular complexity index is 1060. The number of rotatable bonds is 4. The van der Waals surface area contributed by atoms with Crippen LogP contribution in [-0.2, 0) is 10.0 Å². The van der Waals surface area contributed by atoms with Crippen molar-refractivity contribution in [1.29, 1.82) is 0 Å². The number of sulfonamides is 1. The largest absolute Gasteiger partial charge is 0.495 e. The van der Waals surface area contributed by atoms with E-state index in [9.17, 15) is 13.5 Å². The van der Waals surface area contributed by atoms with E-state index in [0.717, 1.165) is 29.2 Å². The maximum Gasteiger partial charge on any atom is 0.238 e. The molecule has 1 fully saturated rings. The van der Waals surface area contributed by atoms with E-state index in [0.29, 0.717) is 29.9 Å². The molecular weight excluding hydrogens is 354 g/mol. The minimum Gasteiger partial charge on any atom is -0.495 e. The fraction of sp³-hybridized carbons (Fsp3) is 0.368. The molecule has 1 aromatic heterocycles. The van der Waals surface area contributed by atoms with E-state index < -0.39 is 21.4 Å². The van der Waals surface area contributed by atoms with E-state index in [1.807, 2.05) is 24.3 Å². The SMILES string of the molecule is COc1cc2c(cc1NS(=O)(=O)C1CCCCC1O)oc1ccccc12. The Morgan fingerprint density at radius 2 is 1.88 bits per heavy atom. The lowest BCUT2D eigenvalue weighted by atomic mass is 9.97. The van der Waals surface area contributed by atoms with Crippen LogP contribution in [0.15, 0.2) is 40.8 Å². The molecule has 0 aliphatic heterocycles. The standard InChI is InChI=1S/C19H21NO5S/c1-24-18-10-13-12-6-2-4-8-16(12)25-17(13)11-14(18)20-26(22,23)19-9-5-3-7-15(19)21/h2,4,6,8,10-11,15,19-21H,3,5,7,9H2,1H3. The molecule has 4 rings (SSSR count). The van der Waals surface area contributed by atoms with E-state index in [2.05, 4.69) is 4.72 Å². The molecule has 26 heavy (non-hydrogen) atoms. The summed E-state index contributed by atoms with van der Waals surface area (Å²) in [6.07, 6.45) is 1.75. The molecule has 6 nitrogen and oxygen atoms in total. The highest BCUT2D eigenvalue weighted by Crippen LogP contribution is 2.37. The van der Waals surface area contributed by atoms with Crippen LogP contribution < -0.4 is 9.46 Å². The Labute approximate surface area is 151 Å². The molecule has 138 valence electrons. The first-order valence-corrected chi connectivity index (χ1v) is 10.2. The summed E-state index contributed by atoms with van der Waals surface area (Å²) in [5, 5.41) is 11.1. The topological polar surface area (TPSA) is 88.8 Å². The molecular formula is C19H21NO5S. The molecule has 0 amide bonds. The van der Waals surface area contributed by atoms with Crippen LogP contribution in [0.3, 0.4) is 0 Å². The first-order chi connectivity index (χ1) is 12.5. The Morgan fingerprint density at radius 3 is 2.65 bits per heavy atom. The van der Waals surface area contributed by atoms with E-state index in [4.69, 9.17) is 9.15 Å². The van der Waals surface area contributed by atoms with Crippen molar-refractivity contribution in [2.75, 3.05) is 11.8 Å². The summed E-state index contributed by atoms with van der Waals surface area (Å²) in [5.74, 6) is 0.415. The second-order valence-electron chi connectivity index (χ2n) is 6.68. The van der Waals surface area contributed by atoms with Gasteiger partial charge >= 0.3 is 0 Å². The van der Waals surface area contributed by atoms with Crippen molar-refractivity contribution in [3.63, 3.8) is 0 Å². The number of nitrogens with one attached hydrogen (secondary N) is 1. The third-order valence-electron chi connectivity index (χ3n) is 5.02. The van der Waals surface area contributed by atoms with Crippen LogP contribution in [0.2, 0.25) is 0 Å². The molecule has 1 aliphatic carbocycles. The average Bonchev–Trinajstić information content (AvgIpc) is 2.98. The molecule has 0 bridgehead atoms. The van der Waals surface area contributed by atoms with Gasteiger partial charge in [0.25, 0.3) is 0 Å². The van der Waals surface area contributed by atoms with E-state index in [1.54, 1.807) is 12.1 Å². The number of benzene rings is 2. The average molecular weight is 375 g/mol. The second kappa shape index (κ2) is 6.48. The monoisotopic (exact) mass is 375 g/mol. The van der Waals surface area contributed by atoms with Gasteiger partial charge in [-0.25, -0.2) is 8.42 Å². The predicted octanol–water partition coefficient (Wildman–Crippen LogP) is 3.64. The minimum atomic E-state index is -3.74. The third kappa shape index (κ3) is 2.91. The molecule has 0 saturated heterocycles. The lowest BCUT2D eigenvalue weighted by molar-refractivity contribution is 0.133. The number of ether oxygens (including phenoxy) is 1. The lowest BCUT2D eigenvalue weighted by Crippen LogP contribution is -2.40. The van der Waals surface area contributed by atoms with Crippen LogP contribution in [0.1, 0.15) is 25.7 Å². The first kappa shape index (κ1) is 17.2. The lowest BCUT2D eigenvalue weighted by Gasteiger charge is -2.27. The molecule has 1 saturated carbocycles. The summed E-state index contributed by atoms with van der Waals surface area (Å²) in [4.78, 5) is 0. The van der Waals surface area contributed by atoms with Gasteiger partial charge in [-0.2, -0.15) is 0 Å². The van der Waals surface area contributed by atoms with Crippen LogP contribution in [0.5, 0.6) is 5.75 Å². The zero-order valence-electron chi connectivity index (χ0n) is 14.4. The molecule has 2 N–H and O–H groups in total. The maximum absolute atomic E-state index is 12.8. The van der Waals surface area contributed by atoms with E-state index >= 15 is 0 Å². The molecule has 2 atom stereocenters. The maximum atomic E-state index is 12.8. The molecule has 0 spiro atoms. The first-order valence-electron chi connectivity index (χ1n) is 8.68. The van der Waals surface area contributed by atoms with Crippen molar-refractivity contribution >= 4 is 37.6 Å². The number of methoxy groups -OCH3 is 1. The Kier molecular flexibility index (Phi) is 4.28. The molecule has 7 heteroatoms. The molecule has 1 aliphatic rings. The minimum absolute atomic E-state index is 0.317. The van der Waals surface area contributed by atoms with Gasteiger partial charge in [0.15, 0.2) is 0 Å². The quantitative estimate of drug-likeness (QED) is 0.727. The fourth-order valence-corrected chi connectivity index (χ4v) is 5.31. The summed E-state index contributed by atoms with van der Waals surface area (Å²) in [6, 6.07) is 11.0. The van der Waals surface area contributed by atoms with Gasteiger partial charge in [-0.1, -0.05) is 31.0 Å². The van der Waals surface area contributed by atoms with Gasteiger partial charge in [0.2, 0.25) is 10.0 Å². The van der Waals surface area contributed by atoms with Gasteiger partial charge < -0.3 is 14.3 Å². The van der Waals surface area contributed by atoms with Gasteiger partial charge in [0.1, 0.15) is 22.2 Å². The number of hydrogen-bond donors (Lipinski definition) is 2. The summed E-state index contributed by atoms with van der Waals surface area (Å²) in [7, 11) is -2.24. The highest BCUT2D eigenvalue weighted by molar-refractivity contribution is 7.93. The van der Waals surface area contributed by atoms with Crippen molar-refractivity contribution in [2.24, 2.45) is 0 Å². The van der Waals surface area contributed by atoms with Crippen molar-refractivity contribution in [3.05, 3.63) is 36.4 Å². The molecule has 1 heterocycles. The second-order valence-corrected chi connectivity index (χ2v) is 8.58. The summed E-state index contributed by atoms with van der Waals surface area (Å²) in [5.41, 5.74) is 1.62. The molecule has 3 aromatic rings. The van der Waals surface area contributed by atoms with Crippen LogP contribution in [0.25, 0.3) is 21.9 Å². The number of fused-ring (bicyclic) bond motifs is 3. The van der Waals surface area contributed by atoms with E-state index in [-0.39, 0.29) is 0 Å². The molecule has 0 radical (unpaired) electrons. The van der Waals surface area contributed by atoms with Crippen molar-refractivity contribution in [2.45, 2.75) is 37.0 Å². The Morgan fingerprint density at radius 1 is 1.12 bits per heavy atom. The molecule has 2 aromatic carbocycles. The number of anilines is 1. The van der Waals surface area contributed by atoms with Gasteiger partial charge in [-0.05, 0) is 25.0 Å². The number of aliphatic hydroxyl groups is 1. The Hall–Kier alpha value is -2.25. The van der Waals surface area contributed by atoms with Gasteiger partial charge in [-0.15, -0.1) is 0 Å².